The van der Waals surface area contributed by atoms with Gasteiger partial charge in [-0.15, -0.1) is 0 Å². The summed E-state index contributed by atoms with van der Waals surface area (Å²) in [5.74, 6) is 0.930. The van der Waals surface area contributed by atoms with Crippen molar-refractivity contribution in [3.8, 4) is 0 Å². The molecule has 1 aliphatic rings. The molecular formula is C19H31ClN4O2. The maximum absolute atomic E-state index is 12.2. The second-order valence-corrected chi connectivity index (χ2v) is 8.50. The number of aromatic nitrogens is 1. The largest absolute Gasteiger partial charge is 0.444 e. The Labute approximate surface area is 161 Å². The molecule has 1 aromatic rings. The van der Waals surface area contributed by atoms with E-state index in [1.807, 2.05) is 26.8 Å². The zero-order valence-electron chi connectivity index (χ0n) is 16.7. The van der Waals surface area contributed by atoms with Crippen LogP contribution in [0, 0.1) is 0 Å². The molecule has 1 fully saturated rings. The lowest BCUT2D eigenvalue weighted by molar-refractivity contribution is 0.0240. The van der Waals surface area contributed by atoms with E-state index in [2.05, 4.69) is 36.0 Å². The third kappa shape index (κ3) is 5.74. The van der Waals surface area contributed by atoms with E-state index in [4.69, 9.17) is 16.3 Å². The van der Waals surface area contributed by atoms with Crippen molar-refractivity contribution >= 4 is 23.5 Å². The predicted molar refractivity (Wildman–Crippen MR) is 106 cm³/mol. The van der Waals surface area contributed by atoms with Crippen molar-refractivity contribution in [1.29, 1.82) is 0 Å². The average Bonchev–Trinajstić information content (AvgIpc) is 2.52. The second kappa shape index (κ2) is 8.44. The van der Waals surface area contributed by atoms with Crippen LogP contribution in [0.5, 0.6) is 0 Å². The van der Waals surface area contributed by atoms with Gasteiger partial charge in [0.25, 0.3) is 0 Å². The number of carbonyl (C=O) groups excluding carboxylic acids is 1. The van der Waals surface area contributed by atoms with Gasteiger partial charge >= 0.3 is 6.09 Å². The number of ether oxygens (including phenoxy) is 1. The van der Waals surface area contributed by atoms with Gasteiger partial charge in [0.1, 0.15) is 11.4 Å². The monoisotopic (exact) mass is 382 g/mol. The standard InChI is InChI=1S/C19H31ClN4O2/c1-13(2)22-14(3)16-11-15(20)12-21-17(16)23-7-9-24(10-8-23)18(25)26-19(4,5)6/h11-14,22H,7-10H2,1-6H3. The Kier molecular flexibility index (Phi) is 6.74. The molecule has 146 valence electrons. The molecule has 0 aliphatic carbocycles. The van der Waals surface area contributed by atoms with Gasteiger partial charge in [0.05, 0.1) is 5.02 Å². The van der Waals surface area contributed by atoms with Gasteiger partial charge in [0.2, 0.25) is 0 Å². The number of hydrogen-bond acceptors (Lipinski definition) is 5. The zero-order chi connectivity index (χ0) is 19.5. The molecule has 1 atom stereocenters. The molecular weight excluding hydrogens is 352 g/mol. The molecule has 0 saturated carbocycles. The Balaban J connectivity index is 2.08. The third-order valence-electron chi connectivity index (χ3n) is 4.14. The summed E-state index contributed by atoms with van der Waals surface area (Å²) < 4.78 is 5.46. The van der Waals surface area contributed by atoms with Crippen LogP contribution in [0.2, 0.25) is 5.02 Å². The lowest BCUT2D eigenvalue weighted by Crippen LogP contribution is -2.50. The van der Waals surface area contributed by atoms with E-state index in [9.17, 15) is 4.79 Å². The van der Waals surface area contributed by atoms with Crippen molar-refractivity contribution in [1.82, 2.24) is 15.2 Å². The van der Waals surface area contributed by atoms with E-state index >= 15 is 0 Å². The van der Waals surface area contributed by atoms with Crippen LogP contribution in [0.15, 0.2) is 12.3 Å². The number of nitrogens with one attached hydrogen (secondary N) is 1. The molecule has 1 saturated heterocycles. The number of nitrogens with zero attached hydrogens (tertiary/aromatic N) is 3. The van der Waals surface area contributed by atoms with Gasteiger partial charge in [0.15, 0.2) is 0 Å². The van der Waals surface area contributed by atoms with Crippen LogP contribution in [-0.2, 0) is 4.74 Å². The van der Waals surface area contributed by atoms with Crippen molar-refractivity contribution in [3.63, 3.8) is 0 Å². The van der Waals surface area contributed by atoms with Crippen molar-refractivity contribution in [3.05, 3.63) is 22.8 Å². The maximum atomic E-state index is 12.2. The first-order valence-corrected chi connectivity index (χ1v) is 9.59. The Morgan fingerprint density at radius 1 is 1.23 bits per heavy atom. The summed E-state index contributed by atoms with van der Waals surface area (Å²) in [5, 5.41) is 4.14. The molecule has 0 bridgehead atoms. The number of pyridine rings is 1. The van der Waals surface area contributed by atoms with Gasteiger partial charge in [-0.25, -0.2) is 9.78 Å². The molecule has 2 rings (SSSR count). The lowest BCUT2D eigenvalue weighted by Gasteiger charge is -2.37. The topological polar surface area (TPSA) is 57.7 Å². The molecule has 1 aromatic heterocycles. The van der Waals surface area contributed by atoms with E-state index in [-0.39, 0.29) is 12.1 Å². The fourth-order valence-electron chi connectivity index (χ4n) is 3.05. The molecule has 7 heteroatoms. The summed E-state index contributed by atoms with van der Waals surface area (Å²) in [5.41, 5.74) is 0.605. The van der Waals surface area contributed by atoms with Gasteiger partial charge in [-0.3, -0.25) is 0 Å². The van der Waals surface area contributed by atoms with Crippen LogP contribution in [0.1, 0.15) is 53.1 Å². The summed E-state index contributed by atoms with van der Waals surface area (Å²) in [6.45, 7) is 14.7. The van der Waals surface area contributed by atoms with Crippen LogP contribution in [-0.4, -0.2) is 53.8 Å². The highest BCUT2D eigenvalue weighted by molar-refractivity contribution is 6.30. The number of hydrogen-bond donors (Lipinski definition) is 1. The van der Waals surface area contributed by atoms with Gasteiger partial charge in [-0.05, 0) is 33.8 Å². The first-order chi connectivity index (χ1) is 12.1. The number of halogens is 1. The maximum Gasteiger partial charge on any atom is 0.410 e. The number of anilines is 1. The molecule has 1 N–H and O–H groups in total. The van der Waals surface area contributed by atoms with Crippen molar-refractivity contribution in [2.24, 2.45) is 0 Å². The molecule has 0 aromatic carbocycles. The van der Waals surface area contributed by atoms with E-state index in [1.165, 1.54) is 0 Å². The Morgan fingerprint density at radius 3 is 2.38 bits per heavy atom. The van der Waals surface area contributed by atoms with Gasteiger partial charge in [-0.2, -0.15) is 0 Å². The minimum Gasteiger partial charge on any atom is -0.444 e. The molecule has 2 heterocycles. The lowest BCUT2D eigenvalue weighted by atomic mass is 10.1. The minimum absolute atomic E-state index is 0.139. The summed E-state index contributed by atoms with van der Waals surface area (Å²) in [6, 6.07) is 2.48. The van der Waals surface area contributed by atoms with Crippen molar-refractivity contribution in [2.45, 2.75) is 59.2 Å². The Bertz CT molecular complexity index is 622. The summed E-state index contributed by atoms with van der Waals surface area (Å²) in [4.78, 5) is 20.8. The van der Waals surface area contributed by atoms with Crippen LogP contribution >= 0.6 is 11.6 Å². The number of carbonyl (C=O) groups is 1. The quantitative estimate of drug-likeness (QED) is 0.857. The van der Waals surface area contributed by atoms with E-state index in [0.717, 1.165) is 24.5 Å². The third-order valence-corrected chi connectivity index (χ3v) is 4.35. The zero-order valence-corrected chi connectivity index (χ0v) is 17.4. The fourth-order valence-corrected chi connectivity index (χ4v) is 3.21. The van der Waals surface area contributed by atoms with Crippen LogP contribution in [0.25, 0.3) is 0 Å². The van der Waals surface area contributed by atoms with E-state index in [0.29, 0.717) is 24.2 Å². The first kappa shape index (κ1) is 20.8. The van der Waals surface area contributed by atoms with Crippen LogP contribution in [0.3, 0.4) is 0 Å². The highest BCUT2D eigenvalue weighted by Gasteiger charge is 2.28. The highest BCUT2D eigenvalue weighted by Crippen LogP contribution is 2.28. The normalized spacial score (nSPS) is 16.8. The van der Waals surface area contributed by atoms with E-state index < -0.39 is 5.60 Å². The molecule has 0 radical (unpaired) electrons. The highest BCUT2D eigenvalue weighted by atomic mass is 35.5. The first-order valence-electron chi connectivity index (χ1n) is 9.21. The summed E-state index contributed by atoms with van der Waals surface area (Å²) in [7, 11) is 0. The molecule has 1 aliphatic heterocycles. The molecule has 0 spiro atoms. The predicted octanol–water partition coefficient (Wildman–Crippen LogP) is 3.85. The molecule has 1 unspecified atom stereocenters. The number of amides is 1. The van der Waals surface area contributed by atoms with Gasteiger partial charge in [-0.1, -0.05) is 25.4 Å². The Hall–Kier alpha value is -1.53. The average molecular weight is 383 g/mol. The molecule has 6 nitrogen and oxygen atoms in total. The smallest absolute Gasteiger partial charge is 0.410 e. The fraction of sp³-hybridized carbons (Fsp3) is 0.684. The second-order valence-electron chi connectivity index (χ2n) is 8.06. The number of rotatable bonds is 4. The SMILES string of the molecule is CC(C)NC(C)c1cc(Cl)cnc1N1CCN(C(=O)OC(C)(C)C)CC1. The van der Waals surface area contributed by atoms with Gasteiger partial charge in [0, 0.05) is 50.0 Å². The van der Waals surface area contributed by atoms with Crippen molar-refractivity contribution in [2.75, 3.05) is 31.1 Å². The van der Waals surface area contributed by atoms with Crippen LogP contribution < -0.4 is 10.2 Å². The number of piperazine rings is 1. The van der Waals surface area contributed by atoms with Gasteiger partial charge < -0.3 is 19.9 Å². The molecule has 1 amide bonds. The summed E-state index contributed by atoms with van der Waals surface area (Å²) >= 11 is 6.18. The van der Waals surface area contributed by atoms with Crippen molar-refractivity contribution < 1.29 is 9.53 Å². The minimum atomic E-state index is -0.475. The van der Waals surface area contributed by atoms with Crippen LogP contribution in [0.4, 0.5) is 10.6 Å². The Morgan fingerprint density at radius 2 is 1.85 bits per heavy atom. The summed E-state index contributed by atoms with van der Waals surface area (Å²) in [6.07, 6.45) is 1.43. The molecule has 26 heavy (non-hydrogen) atoms. The van der Waals surface area contributed by atoms with E-state index in [1.54, 1.807) is 11.1 Å².